The monoisotopic (exact) mass is 309 g/mol. The van der Waals surface area contributed by atoms with Crippen molar-refractivity contribution in [1.82, 2.24) is 4.90 Å². The predicted molar refractivity (Wildman–Crippen MR) is 87.0 cm³/mol. The van der Waals surface area contributed by atoms with Crippen LogP contribution in [-0.2, 0) is 16.0 Å². The molecule has 0 spiro atoms. The number of nitrogens with zero attached hydrogens (tertiary/aromatic N) is 1. The van der Waals surface area contributed by atoms with Crippen molar-refractivity contribution in [2.75, 3.05) is 6.61 Å². The van der Waals surface area contributed by atoms with Crippen LogP contribution in [0.25, 0.3) is 0 Å². The van der Waals surface area contributed by atoms with Crippen LogP contribution in [0, 0.1) is 0 Å². The fraction of sp³-hybridized carbons (Fsp3) is 0.263. The van der Waals surface area contributed by atoms with Gasteiger partial charge in [-0.1, -0.05) is 60.7 Å². The van der Waals surface area contributed by atoms with Crippen molar-refractivity contribution in [3.8, 4) is 0 Å². The molecular weight excluding hydrogens is 290 g/mol. The SMILES string of the molecule is CC(C(=O)N1C(=O)OC[C@@H]1Cc1ccccc1)c1ccccc1. The van der Waals surface area contributed by atoms with Crippen LogP contribution in [0.15, 0.2) is 60.7 Å². The second-order valence-corrected chi connectivity index (χ2v) is 5.76. The van der Waals surface area contributed by atoms with Crippen molar-refractivity contribution in [3.63, 3.8) is 0 Å². The quantitative estimate of drug-likeness (QED) is 0.870. The summed E-state index contributed by atoms with van der Waals surface area (Å²) in [5.74, 6) is -0.584. The number of carbonyl (C=O) groups is 2. The largest absolute Gasteiger partial charge is 0.447 e. The van der Waals surface area contributed by atoms with Gasteiger partial charge in [0.15, 0.2) is 0 Å². The molecular formula is C19H19NO3. The Morgan fingerprint density at radius 2 is 1.74 bits per heavy atom. The molecule has 0 saturated carbocycles. The standard InChI is InChI=1S/C19H19NO3/c1-14(16-10-6-3-7-11-16)18(21)20-17(13-23-19(20)22)12-15-8-4-2-5-9-15/h2-11,14,17H,12-13H2,1H3/t14?,17-/m0/s1. The van der Waals surface area contributed by atoms with Crippen LogP contribution in [0.5, 0.6) is 0 Å². The zero-order chi connectivity index (χ0) is 16.2. The van der Waals surface area contributed by atoms with Gasteiger partial charge >= 0.3 is 6.09 Å². The van der Waals surface area contributed by atoms with Gasteiger partial charge < -0.3 is 4.74 Å². The summed E-state index contributed by atoms with van der Waals surface area (Å²) in [6, 6.07) is 19.1. The van der Waals surface area contributed by atoms with Gasteiger partial charge in [0, 0.05) is 0 Å². The minimum Gasteiger partial charge on any atom is -0.447 e. The van der Waals surface area contributed by atoms with Crippen LogP contribution < -0.4 is 0 Å². The fourth-order valence-corrected chi connectivity index (χ4v) is 2.86. The Morgan fingerprint density at radius 1 is 1.13 bits per heavy atom. The summed E-state index contributed by atoms with van der Waals surface area (Å²) in [4.78, 5) is 26.1. The zero-order valence-electron chi connectivity index (χ0n) is 13.0. The van der Waals surface area contributed by atoms with E-state index in [9.17, 15) is 9.59 Å². The number of rotatable bonds is 4. The summed E-state index contributed by atoms with van der Waals surface area (Å²) in [5.41, 5.74) is 1.98. The highest BCUT2D eigenvalue weighted by atomic mass is 16.6. The van der Waals surface area contributed by atoms with E-state index in [4.69, 9.17) is 4.74 Å². The maximum Gasteiger partial charge on any atom is 0.417 e. The molecule has 2 aromatic carbocycles. The number of benzene rings is 2. The number of hydrogen-bond donors (Lipinski definition) is 0. The molecule has 118 valence electrons. The molecule has 1 saturated heterocycles. The molecule has 23 heavy (non-hydrogen) atoms. The topological polar surface area (TPSA) is 46.6 Å². The highest BCUT2D eigenvalue weighted by Crippen LogP contribution is 2.24. The third kappa shape index (κ3) is 3.26. The first-order valence-electron chi connectivity index (χ1n) is 7.75. The first-order valence-corrected chi connectivity index (χ1v) is 7.75. The van der Waals surface area contributed by atoms with E-state index in [1.165, 1.54) is 4.90 Å². The average Bonchev–Trinajstić information content (AvgIpc) is 2.95. The molecule has 1 aliphatic rings. The van der Waals surface area contributed by atoms with Gasteiger partial charge in [-0.05, 0) is 24.5 Å². The Bertz CT molecular complexity index is 684. The minimum absolute atomic E-state index is 0.209. The van der Waals surface area contributed by atoms with E-state index in [0.717, 1.165) is 11.1 Å². The van der Waals surface area contributed by atoms with Crippen LogP contribution in [0.3, 0.4) is 0 Å². The molecule has 1 aliphatic heterocycles. The Labute approximate surface area is 135 Å². The molecule has 3 rings (SSSR count). The van der Waals surface area contributed by atoms with Gasteiger partial charge in [-0.15, -0.1) is 0 Å². The van der Waals surface area contributed by atoms with E-state index in [1.807, 2.05) is 67.6 Å². The molecule has 1 fully saturated rings. The Hall–Kier alpha value is -2.62. The van der Waals surface area contributed by atoms with Gasteiger partial charge in [0.25, 0.3) is 0 Å². The summed E-state index contributed by atoms with van der Waals surface area (Å²) < 4.78 is 5.12. The predicted octanol–water partition coefficient (Wildman–Crippen LogP) is 3.38. The molecule has 1 heterocycles. The van der Waals surface area contributed by atoms with E-state index < -0.39 is 6.09 Å². The summed E-state index contributed by atoms with van der Waals surface area (Å²) in [7, 11) is 0. The number of cyclic esters (lactones) is 1. The van der Waals surface area contributed by atoms with Gasteiger partial charge in [0.1, 0.15) is 6.61 Å². The van der Waals surface area contributed by atoms with Crippen LogP contribution in [0.4, 0.5) is 4.79 Å². The van der Waals surface area contributed by atoms with E-state index >= 15 is 0 Å². The third-order valence-electron chi connectivity index (χ3n) is 4.18. The van der Waals surface area contributed by atoms with Crippen molar-refractivity contribution in [2.45, 2.75) is 25.3 Å². The van der Waals surface area contributed by atoms with Crippen molar-refractivity contribution >= 4 is 12.0 Å². The highest BCUT2D eigenvalue weighted by Gasteiger charge is 2.39. The molecule has 0 radical (unpaired) electrons. The summed E-state index contributed by atoms with van der Waals surface area (Å²) in [6.07, 6.45) is 0.0681. The zero-order valence-corrected chi connectivity index (χ0v) is 13.0. The van der Waals surface area contributed by atoms with Gasteiger partial charge in [0.2, 0.25) is 5.91 Å². The Balaban J connectivity index is 1.78. The van der Waals surface area contributed by atoms with Gasteiger partial charge in [0.05, 0.1) is 12.0 Å². The third-order valence-corrected chi connectivity index (χ3v) is 4.18. The molecule has 2 aromatic rings. The van der Waals surface area contributed by atoms with Crippen LogP contribution in [-0.4, -0.2) is 29.5 Å². The van der Waals surface area contributed by atoms with Gasteiger partial charge in [-0.3, -0.25) is 4.79 Å². The van der Waals surface area contributed by atoms with E-state index in [2.05, 4.69) is 0 Å². The first-order chi connectivity index (χ1) is 11.2. The number of carbonyl (C=O) groups excluding carboxylic acids is 2. The van der Waals surface area contributed by atoms with Crippen LogP contribution in [0.1, 0.15) is 24.0 Å². The molecule has 2 amide bonds. The smallest absolute Gasteiger partial charge is 0.417 e. The number of imide groups is 1. The molecule has 0 aromatic heterocycles. The van der Waals surface area contributed by atoms with Crippen molar-refractivity contribution < 1.29 is 14.3 Å². The lowest BCUT2D eigenvalue weighted by Crippen LogP contribution is -2.42. The van der Waals surface area contributed by atoms with E-state index in [0.29, 0.717) is 6.42 Å². The van der Waals surface area contributed by atoms with Gasteiger partial charge in [-0.25, -0.2) is 9.69 Å². The lowest BCUT2D eigenvalue weighted by atomic mass is 9.98. The Kier molecular flexibility index (Phi) is 4.42. The number of amides is 2. The first kappa shape index (κ1) is 15.3. The van der Waals surface area contributed by atoms with E-state index in [1.54, 1.807) is 0 Å². The lowest BCUT2D eigenvalue weighted by molar-refractivity contribution is -0.130. The molecule has 0 N–H and O–H groups in total. The Morgan fingerprint density at radius 3 is 2.39 bits per heavy atom. The lowest BCUT2D eigenvalue weighted by Gasteiger charge is -2.23. The maximum absolute atomic E-state index is 12.8. The summed E-state index contributed by atoms with van der Waals surface area (Å²) in [6.45, 7) is 2.07. The average molecular weight is 309 g/mol. The van der Waals surface area contributed by atoms with Crippen LogP contribution >= 0.6 is 0 Å². The summed E-state index contributed by atoms with van der Waals surface area (Å²) in [5, 5.41) is 0. The molecule has 0 aliphatic carbocycles. The molecule has 4 nitrogen and oxygen atoms in total. The molecule has 2 atom stereocenters. The fourth-order valence-electron chi connectivity index (χ4n) is 2.86. The second-order valence-electron chi connectivity index (χ2n) is 5.76. The minimum atomic E-state index is -0.543. The number of ether oxygens (including phenoxy) is 1. The molecule has 0 bridgehead atoms. The molecule has 1 unspecified atom stereocenters. The maximum atomic E-state index is 12.8. The highest BCUT2D eigenvalue weighted by molar-refractivity contribution is 5.97. The van der Waals surface area contributed by atoms with Crippen molar-refractivity contribution in [1.29, 1.82) is 0 Å². The van der Waals surface area contributed by atoms with Crippen LogP contribution in [0.2, 0.25) is 0 Å². The van der Waals surface area contributed by atoms with Crippen molar-refractivity contribution in [3.05, 3.63) is 71.8 Å². The molecule has 4 heteroatoms. The van der Waals surface area contributed by atoms with E-state index in [-0.39, 0.29) is 24.5 Å². The normalized spacial score (nSPS) is 18.6. The second kappa shape index (κ2) is 6.65. The van der Waals surface area contributed by atoms with Crippen molar-refractivity contribution in [2.24, 2.45) is 0 Å². The number of hydrogen-bond acceptors (Lipinski definition) is 3. The van der Waals surface area contributed by atoms with Gasteiger partial charge in [-0.2, -0.15) is 0 Å². The summed E-state index contributed by atoms with van der Waals surface area (Å²) >= 11 is 0.